The number of unbranched alkanes of at least 4 members (excludes halogenated alkanes) is 2. The summed E-state index contributed by atoms with van der Waals surface area (Å²) in [5, 5.41) is 0. The Hall–Kier alpha value is -1.55. The molecular weight excluding hydrogens is 230 g/mol. The quantitative estimate of drug-likeness (QED) is 0.816. The molecule has 1 atom stereocenters. The molecule has 0 bridgehead atoms. The molecule has 0 aliphatic carbocycles. The van der Waals surface area contributed by atoms with Crippen molar-refractivity contribution in [1.82, 2.24) is 0 Å². The van der Waals surface area contributed by atoms with Gasteiger partial charge in [0.15, 0.2) is 6.29 Å². The summed E-state index contributed by atoms with van der Waals surface area (Å²) in [6, 6.07) is 5.22. The van der Waals surface area contributed by atoms with E-state index in [-0.39, 0.29) is 6.29 Å². The molecule has 18 heavy (non-hydrogen) atoms. The molecule has 0 spiro atoms. The van der Waals surface area contributed by atoms with Crippen molar-refractivity contribution in [1.29, 1.82) is 0 Å². The highest BCUT2D eigenvalue weighted by atomic mass is 16.7. The van der Waals surface area contributed by atoms with Crippen molar-refractivity contribution in [3.8, 4) is 5.75 Å². The van der Waals surface area contributed by atoms with E-state index in [9.17, 15) is 4.79 Å². The zero-order valence-electron chi connectivity index (χ0n) is 10.6. The number of fused-ring (bicyclic) bond motifs is 1. The molecule has 1 heterocycles. The fourth-order valence-corrected chi connectivity index (χ4v) is 2.02. The third-order valence-corrected chi connectivity index (χ3v) is 3.07. The van der Waals surface area contributed by atoms with Crippen molar-refractivity contribution in [2.75, 3.05) is 0 Å². The van der Waals surface area contributed by atoms with Crippen LogP contribution >= 0.6 is 0 Å². The summed E-state index contributed by atoms with van der Waals surface area (Å²) in [4.78, 5) is 11.1. The molecule has 0 radical (unpaired) electrons. The summed E-state index contributed by atoms with van der Waals surface area (Å²) in [6.07, 6.45) is 4.23. The zero-order chi connectivity index (χ0) is 13.0. The van der Waals surface area contributed by atoms with E-state index in [2.05, 4.69) is 6.92 Å². The van der Waals surface area contributed by atoms with Gasteiger partial charge in [0.05, 0.1) is 6.61 Å². The minimum absolute atomic E-state index is 0.163. The minimum Gasteiger partial charge on any atom is -0.465 e. The van der Waals surface area contributed by atoms with Crippen molar-refractivity contribution < 1.29 is 14.3 Å². The van der Waals surface area contributed by atoms with Gasteiger partial charge in [0.2, 0.25) is 5.91 Å². The molecule has 0 saturated carbocycles. The Kier molecular flexibility index (Phi) is 4.20. The summed E-state index contributed by atoms with van der Waals surface area (Å²) in [5.41, 5.74) is 6.61. The van der Waals surface area contributed by atoms with Crippen LogP contribution in [-0.2, 0) is 11.3 Å². The van der Waals surface area contributed by atoms with Gasteiger partial charge in [-0.2, -0.15) is 0 Å². The normalized spacial score (nSPS) is 17.9. The van der Waals surface area contributed by atoms with E-state index in [1.807, 2.05) is 0 Å². The molecule has 1 aromatic carbocycles. The number of rotatable bonds is 5. The largest absolute Gasteiger partial charge is 0.465 e. The number of amides is 1. The number of hydrogen-bond donors (Lipinski definition) is 1. The molecule has 0 saturated heterocycles. The molecule has 2 rings (SSSR count). The fourth-order valence-electron chi connectivity index (χ4n) is 2.02. The highest BCUT2D eigenvalue weighted by molar-refractivity contribution is 5.93. The van der Waals surface area contributed by atoms with E-state index >= 15 is 0 Å². The van der Waals surface area contributed by atoms with Gasteiger partial charge in [0.1, 0.15) is 5.75 Å². The standard InChI is InChI=1S/C14H19NO3/c1-2-3-4-5-13-17-9-11-8-10(14(15)16)6-7-12(11)18-13/h6-8,13H,2-5,9H2,1H3,(H2,15,16). The molecule has 1 amide bonds. The van der Waals surface area contributed by atoms with Crippen LogP contribution < -0.4 is 10.5 Å². The van der Waals surface area contributed by atoms with E-state index in [1.165, 1.54) is 12.8 Å². The van der Waals surface area contributed by atoms with Crippen LogP contribution in [0, 0.1) is 0 Å². The van der Waals surface area contributed by atoms with Gasteiger partial charge < -0.3 is 15.2 Å². The number of primary amides is 1. The van der Waals surface area contributed by atoms with Gasteiger partial charge in [0.25, 0.3) is 0 Å². The summed E-state index contributed by atoms with van der Waals surface area (Å²) in [5.74, 6) is 0.371. The van der Waals surface area contributed by atoms with Gasteiger partial charge >= 0.3 is 0 Å². The highest BCUT2D eigenvalue weighted by Crippen LogP contribution is 2.28. The topological polar surface area (TPSA) is 61.5 Å². The lowest BCUT2D eigenvalue weighted by atomic mass is 10.1. The molecular formula is C14H19NO3. The van der Waals surface area contributed by atoms with Crippen molar-refractivity contribution in [2.45, 2.75) is 45.5 Å². The van der Waals surface area contributed by atoms with Gasteiger partial charge in [-0.3, -0.25) is 4.79 Å². The number of ether oxygens (including phenoxy) is 2. The molecule has 0 fully saturated rings. The first-order valence-electron chi connectivity index (χ1n) is 6.41. The number of hydrogen-bond acceptors (Lipinski definition) is 3. The molecule has 2 N–H and O–H groups in total. The second-order valence-electron chi connectivity index (χ2n) is 4.54. The Morgan fingerprint density at radius 3 is 3.00 bits per heavy atom. The number of carbonyl (C=O) groups is 1. The lowest BCUT2D eigenvalue weighted by Gasteiger charge is -2.26. The minimum atomic E-state index is -0.428. The average molecular weight is 249 g/mol. The van der Waals surface area contributed by atoms with Gasteiger partial charge in [-0.1, -0.05) is 19.8 Å². The molecule has 4 nitrogen and oxygen atoms in total. The first-order valence-corrected chi connectivity index (χ1v) is 6.41. The van der Waals surface area contributed by atoms with E-state index in [0.29, 0.717) is 12.2 Å². The number of nitrogens with two attached hydrogens (primary N) is 1. The molecule has 4 heteroatoms. The van der Waals surface area contributed by atoms with E-state index in [0.717, 1.165) is 24.2 Å². The smallest absolute Gasteiger partial charge is 0.248 e. The summed E-state index contributed by atoms with van der Waals surface area (Å²) in [7, 11) is 0. The van der Waals surface area contributed by atoms with Crippen molar-refractivity contribution >= 4 is 5.91 Å². The maximum absolute atomic E-state index is 11.1. The van der Waals surface area contributed by atoms with E-state index in [1.54, 1.807) is 18.2 Å². The molecule has 1 unspecified atom stereocenters. The van der Waals surface area contributed by atoms with Crippen LogP contribution in [-0.4, -0.2) is 12.2 Å². The van der Waals surface area contributed by atoms with Gasteiger partial charge in [0, 0.05) is 17.5 Å². The van der Waals surface area contributed by atoms with Crippen LogP contribution in [0.5, 0.6) is 5.75 Å². The lowest BCUT2D eigenvalue weighted by molar-refractivity contribution is -0.112. The van der Waals surface area contributed by atoms with Gasteiger partial charge in [-0.05, 0) is 24.6 Å². The Balaban J connectivity index is 2.00. The van der Waals surface area contributed by atoms with Gasteiger partial charge in [-0.15, -0.1) is 0 Å². The average Bonchev–Trinajstić information content (AvgIpc) is 2.38. The molecule has 1 aliphatic heterocycles. The molecule has 1 aromatic rings. The Morgan fingerprint density at radius 1 is 1.44 bits per heavy atom. The number of benzene rings is 1. The van der Waals surface area contributed by atoms with Crippen molar-refractivity contribution in [2.24, 2.45) is 5.73 Å². The second-order valence-corrected chi connectivity index (χ2v) is 4.54. The zero-order valence-corrected chi connectivity index (χ0v) is 10.6. The summed E-state index contributed by atoms with van der Waals surface area (Å²) >= 11 is 0. The van der Waals surface area contributed by atoms with Crippen LogP contribution in [0.15, 0.2) is 18.2 Å². The predicted octanol–water partition coefficient (Wildman–Crippen LogP) is 2.60. The Morgan fingerprint density at radius 2 is 2.28 bits per heavy atom. The predicted molar refractivity (Wildman–Crippen MR) is 68.3 cm³/mol. The summed E-state index contributed by atoms with van der Waals surface area (Å²) < 4.78 is 11.4. The first-order chi connectivity index (χ1) is 8.70. The van der Waals surface area contributed by atoms with Crippen molar-refractivity contribution in [3.05, 3.63) is 29.3 Å². The SMILES string of the molecule is CCCCCC1OCc2cc(C(N)=O)ccc2O1. The monoisotopic (exact) mass is 249 g/mol. The highest BCUT2D eigenvalue weighted by Gasteiger charge is 2.20. The van der Waals surface area contributed by atoms with Crippen molar-refractivity contribution in [3.63, 3.8) is 0 Å². The maximum Gasteiger partial charge on any atom is 0.248 e. The first kappa shape index (κ1) is 12.9. The Bertz CT molecular complexity index is 431. The van der Waals surface area contributed by atoms with Crippen LogP contribution in [0.25, 0.3) is 0 Å². The van der Waals surface area contributed by atoms with Gasteiger partial charge in [-0.25, -0.2) is 0 Å². The third kappa shape index (κ3) is 3.01. The second kappa shape index (κ2) is 5.87. The Labute approximate surface area is 107 Å². The van der Waals surface area contributed by atoms with Crippen LogP contribution in [0.2, 0.25) is 0 Å². The van der Waals surface area contributed by atoms with E-state index < -0.39 is 5.91 Å². The third-order valence-electron chi connectivity index (χ3n) is 3.07. The molecule has 1 aliphatic rings. The van der Waals surface area contributed by atoms with Crippen LogP contribution in [0.4, 0.5) is 0 Å². The molecule has 0 aromatic heterocycles. The van der Waals surface area contributed by atoms with Crippen LogP contribution in [0.1, 0.15) is 48.5 Å². The number of carbonyl (C=O) groups excluding carboxylic acids is 1. The fraction of sp³-hybridized carbons (Fsp3) is 0.500. The lowest BCUT2D eigenvalue weighted by Crippen LogP contribution is -2.25. The molecule has 98 valence electrons. The van der Waals surface area contributed by atoms with Crippen LogP contribution in [0.3, 0.4) is 0 Å². The maximum atomic E-state index is 11.1. The summed E-state index contributed by atoms with van der Waals surface area (Å²) in [6.45, 7) is 2.65. The van der Waals surface area contributed by atoms with E-state index in [4.69, 9.17) is 15.2 Å².